The molecule has 0 aromatic heterocycles. The van der Waals surface area contributed by atoms with Gasteiger partial charge in [-0.2, -0.15) is 0 Å². The van der Waals surface area contributed by atoms with Crippen LogP contribution in [0.4, 0.5) is 0 Å². The topological polar surface area (TPSA) is 64.3 Å². The Labute approximate surface area is 109 Å². The fourth-order valence-corrected chi connectivity index (χ4v) is 1.62. The van der Waals surface area contributed by atoms with Gasteiger partial charge >= 0.3 is 0 Å². The van der Waals surface area contributed by atoms with Gasteiger partial charge in [0.2, 0.25) is 5.91 Å². The number of carbonyl (C=O) groups is 1. The molecule has 0 heterocycles. The van der Waals surface area contributed by atoms with Crippen LogP contribution in [0.2, 0.25) is 0 Å². The Hall–Kier alpha value is -1.39. The van der Waals surface area contributed by atoms with E-state index in [-0.39, 0.29) is 5.91 Å². The Morgan fingerprint density at radius 1 is 1.39 bits per heavy atom. The van der Waals surface area contributed by atoms with Crippen LogP contribution in [0.5, 0.6) is 0 Å². The van der Waals surface area contributed by atoms with Crippen molar-refractivity contribution in [3.05, 3.63) is 35.9 Å². The lowest BCUT2D eigenvalue weighted by molar-refractivity contribution is -0.122. The lowest BCUT2D eigenvalue weighted by atomic mass is 10.1. The van der Waals surface area contributed by atoms with E-state index in [9.17, 15) is 4.79 Å². The van der Waals surface area contributed by atoms with Crippen molar-refractivity contribution in [3.8, 4) is 0 Å². The molecule has 100 valence electrons. The fourth-order valence-electron chi connectivity index (χ4n) is 1.62. The molecule has 1 atom stereocenters. The standard InChI is InChI=1S/C14H22N2O2/c1-2-18-10-6-9-16-14(17)13(15)11-12-7-4-3-5-8-12/h3-5,7-8,13H,2,6,9-11,15H2,1H3,(H,16,17)/t13-/m0/s1. The third kappa shape index (κ3) is 5.80. The van der Waals surface area contributed by atoms with Crippen LogP contribution in [-0.4, -0.2) is 31.7 Å². The predicted octanol–water partition coefficient (Wildman–Crippen LogP) is 1.10. The summed E-state index contributed by atoms with van der Waals surface area (Å²) in [5.74, 6) is -0.102. The van der Waals surface area contributed by atoms with Crippen LogP contribution in [0.1, 0.15) is 18.9 Å². The average Bonchev–Trinajstić information content (AvgIpc) is 2.39. The van der Waals surface area contributed by atoms with E-state index in [1.165, 1.54) is 0 Å². The summed E-state index contributed by atoms with van der Waals surface area (Å²) in [6.07, 6.45) is 1.38. The first-order valence-corrected chi connectivity index (χ1v) is 6.39. The Kier molecular flexibility index (Phi) is 7.06. The van der Waals surface area contributed by atoms with Crippen molar-refractivity contribution in [1.82, 2.24) is 5.32 Å². The van der Waals surface area contributed by atoms with Crippen LogP contribution < -0.4 is 11.1 Å². The zero-order chi connectivity index (χ0) is 13.2. The normalized spacial score (nSPS) is 12.1. The van der Waals surface area contributed by atoms with Crippen molar-refractivity contribution < 1.29 is 9.53 Å². The van der Waals surface area contributed by atoms with Gasteiger partial charge in [0.1, 0.15) is 0 Å². The van der Waals surface area contributed by atoms with E-state index in [2.05, 4.69) is 5.32 Å². The maximum atomic E-state index is 11.7. The Morgan fingerprint density at radius 2 is 2.11 bits per heavy atom. The van der Waals surface area contributed by atoms with Gasteiger partial charge in [-0.05, 0) is 25.3 Å². The average molecular weight is 250 g/mol. The molecule has 3 N–H and O–H groups in total. The largest absolute Gasteiger partial charge is 0.382 e. The maximum Gasteiger partial charge on any atom is 0.237 e. The van der Waals surface area contributed by atoms with Gasteiger partial charge in [0.15, 0.2) is 0 Å². The predicted molar refractivity (Wildman–Crippen MR) is 72.2 cm³/mol. The molecule has 0 unspecified atom stereocenters. The summed E-state index contributed by atoms with van der Waals surface area (Å²) in [4.78, 5) is 11.7. The molecule has 18 heavy (non-hydrogen) atoms. The van der Waals surface area contributed by atoms with E-state index in [0.717, 1.165) is 12.0 Å². The van der Waals surface area contributed by atoms with Gasteiger partial charge in [-0.15, -0.1) is 0 Å². The molecule has 0 saturated carbocycles. The number of rotatable bonds is 8. The zero-order valence-corrected chi connectivity index (χ0v) is 10.9. The Balaban J connectivity index is 2.21. The summed E-state index contributed by atoms with van der Waals surface area (Å²) in [5, 5.41) is 2.82. The van der Waals surface area contributed by atoms with E-state index in [4.69, 9.17) is 10.5 Å². The summed E-state index contributed by atoms with van der Waals surface area (Å²) in [6, 6.07) is 9.30. The number of nitrogens with one attached hydrogen (secondary N) is 1. The molecule has 0 saturated heterocycles. The van der Waals surface area contributed by atoms with Gasteiger partial charge in [0.25, 0.3) is 0 Å². The molecule has 0 aliphatic heterocycles. The third-order valence-corrected chi connectivity index (χ3v) is 2.60. The minimum absolute atomic E-state index is 0.102. The number of nitrogens with two attached hydrogens (primary N) is 1. The van der Waals surface area contributed by atoms with Crippen LogP contribution >= 0.6 is 0 Å². The smallest absolute Gasteiger partial charge is 0.237 e. The molecule has 0 aliphatic carbocycles. The molecule has 1 aromatic carbocycles. The molecule has 0 bridgehead atoms. The van der Waals surface area contributed by atoms with Crippen LogP contribution in [0.3, 0.4) is 0 Å². The molecule has 0 radical (unpaired) electrons. The summed E-state index contributed by atoms with van der Waals surface area (Å²) in [7, 11) is 0. The first kappa shape index (κ1) is 14.7. The molecule has 1 rings (SSSR count). The summed E-state index contributed by atoms with van der Waals surface area (Å²) < 4.78 is 5.19. The number of ether oxygens (including phenoxy) is 1. The van der Waals surface area contributed by atoms with E-state index < -0.39 is 6.04 Å². The first-order valence-electron chi connectivity index (χ1n) is 6.39. The van der Waals surface area contributed by atoms with Gasteiger partial charge in [0, 0.05) is 19.8 Å². The first-order chi connectivity index (χ1) is 8.74. The third-order valence-electron chi connectivity index (χ3n) is 2.60. The number of hydrogen-bond acceptors (Lipinski definition) is 3. The van der Waals surface area contributed by atoms with E-state index >= 15 is 0 Å². The van der Waals surface area contributed by atoms with Crippen molar-refractivity contribution in [3.63, 3.8) is 0 Å². The molecule has 0 aliphatic rings. The van der Waals surface area contributed by atoms with Crippen LogP contribution in [0.25, 0.3) is 0 Å². The molecule has 4 heteroatoms. The van der Waals surface area contributed by atoms with Crippen molar-refractivity contribution in [2.75, 3.05) is 19.8 Å². The Bertz CT molecular complexity index is 341. The lowest BCUT2D eigenvalue weighted by Crippen LogP contribution is -2.42. The number of benzene rings is 1. The second kappa shape index (κ2) is 8.66. The molecule has 1 amide bonds. The summed E-state index contributed by atoms with van der Waals surface area (Å²) in [5.41, 5.74) is 6.93. The van der Waals surface area contributed by atoms with Gasteiger partial charge in [-0.25, -0.2) is 0 Å². The van der Waals surface area contributed by atoms with Crippen LogP contribution in [0, 0.1) is 0 Å². The van der Waals surface area contributed by atoms with Crippen molar-refractivity contribution in [2.45, 2.75) is 25.8 Å². The maximum absolute atomic E-state index is 11.7. The highest BCUT2D eigenvalue weighted by Crippen LogP contribution is 2.01. The second-order valence-corrected chi connectivity index (χ2v) is 4.14. The number of amides is 1. The summed E-state index contributed by atoms with van der Waals surface area (Å²) >= 11 is 0. The van der Waals surface area contributed by atoms with E-state index in [0.29, 0.717) is 26.2 Å². The van der Waals surface area contributed by atoms with Crippen molar-refractivity contribution in [1.29, 1.82) is 0 Å². The van der Waals surface area contributed by atoms with Crippen LogP contribution in [-0.2, 0) is 16.0 Å². The van der Waals surface area contributed by atoms with Gasteiger partial charge in [-0.1, -0.05) is 30.3 Å². The second-order valence-electron chi connectivity index (χ2n) is 4.14. The Morgan fingerprint density at radius 3 is 2.78 bits per heavy atom. The highest BCUT2D eigenvalue weighted by atomic mass is 16.5. The van der Waals surface area contributed by atoms with E-state index in [1.807, 2.05) is 37.3 Å². The quantitative estimate of drug-likeness (QED) is 0.679. The molecule has 0 fully saturated rings. The molecule has 4 nitrogen and oxygen atoms in total. The SMILES string of the molecule is CCOCCCNC(=O)[C@@H](N)Cc1ccccc1. The van der Waals surface area contributed by atoms with Gasteiger partial charge in [0.05, 0.1) is 6.04 Å². The van der Waals surface area contributed by atoms with E-state index in [1.54, 1.807) is 0 Å². The van der Waals surface area contributed by atoms with Crippen LogP contribution in [0.15, 0.2) is 30.3 Å². The lowest BCUT2D eigenvalue weighted by Gasteiger charge is -2.12. The molecule has 0 spiro atoms. The van der Waals surface area contributed by atoms with Gasteiger partial charge < -0.3 is 15.8 Å². The number of hydrogen-bond donors (Lipinski definition) is 2. The zero-order valence-electron chi connectivity index (χ0n) is 10.9. The van der Waals surface area contributed by atoms with Crippen molar-refractivity contribution in [2.24, 2.45) is 5.73 Å². The van der Waals surface area contributed by atoms with Crippen molar-refractivity contribution >= 4 is 5.91 Å². The molecular weight excluding hydrogens is 228 g/mol. The number of carbonyl (C=O) groups excluding carboxylic acids is 1. The fraction of sp³-hybridized carbons (Fsp3) is 0.500. The monoisotopic (exact) mass is 250 g/mol. The molecule has 1 aromatic rings. The summed E-state index contributed by atoms with van der Waals surface area (Å²) in [6.45, 7) is 3.95. The highest BCUT2D eigenvalue weighted by molar-refractivity contribution is 5.81. The molecular formula is C14H22N2O2. The van der Waals surface area contributed by atoms with Gasteiger partial charge in [-0.3, -0.25) is 4.79 Å². The minimum Gasteiger partial charge on any atom is -0.382 e. The highest BCUT2D eigenvalue weighted by Gasteiger charge is 2.12. The minimum atomic E-state index is -0.487.